The summed E-state index contributed by atoms with van der Waals surface area (Å²) in [7, 11) is 0. The molecule has 0 radical (unpaired) electrons. The Morgan fingerprint density at radius 2 is 1.58 bits per heavy atom. The largest absolute Gasteiger partial charge is 0.480 e. The van der Waals surface area contributed by atoms with Gasteiger partial charge in [0.25, 0.3) is 0 Å². The number of carbonyl (C=O) groups excluding carboxylic acids is 2. The molecule has 7 nitrogen and oxygen atoms in total. The van der Waals surface area contributed by atoms with E-state index in [0.717, 1.165) is 22.3 Å². The van der Waals surface area contributed by atoms with Gasteiger partial charge in [-0.3, -0.25) is 4.79 Å². The number of ether oxygens (including phenoxy) is 1. The van der Waals surface area contributed by atoms with Crippen LogP contribution in [0, 0.1) is 0 Å². The number of alkyl carbamates (subject to hydrolysis) is 1. The van der Waals surface area contributed by atoms with Crippen molar-refractivity contribution in [2.24, 2.45) is 0 Å². The highest BCUT2D eigenvalue weighted by Crippen LogP contribution is 2.44. The molecule has 2 aromatic carbocycles. The van der Waals surface area contributed by atoms with Crippen molar-refractivity contribution in [2.75, 3.05) is 6.61 Å². The van der Waals surface area contributed by atoms with E-state index in [0.29, 0.717) is 6.42 Å². The zero-order valence-corrected chi connectivity index (χ0v) is 18.0. The molecule has 3 rings (SSSR count). The summed E-state index contributed by atoms with van der Waals surface area (Å²) >= 11 is 0. The number of amides is 2. The van der Waals surface area contributed by atoms with Crippen LogP contribution in [0.1, 0.15) is 50.7 Å². The van der Waals surface area contributed by atoms with Crippen molar-refractivity contribution in [1.82, 2.24) is 10.6 Å². The number of hydrogen-bond donors (Lipinski definition) is 3. The summed E-state index contributed by atoms with van der Waals surface area (Å²) < 4.78 is 5.52. The van der Waals surface area contributed by atoms with Crippen molar-refractivity contribution in [3.8, 4) is 11.1 Å². The summed E-state index contributed by atoms with van der Waals surface area (Å²) in [5, 5.41) is 14.3. The van der Waals surface area contributed by atoms with Crippen LogP contribution in [0.5, 0.6) is 0 Å². The molecule has 0 aromatic heterocycles. The van der Waals surface area contributed by atoms with Gasteiger partial charge in [-0.05, 0) is 42.5 Å². The molecule has 1 unspecified atom stereocenters. The zero-order valence-electron chi connectivity index (χ0n) is 18.0. The maximum Gasteiger partial charge on any atom is 0.407 e. The van der Waals surface area contributed by atoms with Crippen molar-refractivity contribution < 1.29 is 24.2 Å². The summed E-state index contributed by atoms with van der Waals surface area (Å²) in [5.74, 6) is -1.62. The average molecular weight is 424 g/mol. The van der Waals surface area contributed by atoms with Crippen molar-refractivity contribution in [2.45, 2.75) is 51.1 Å². The van der Waals surface area contributed by atoms with Crippen LogP contribution >= 0.6 is 0 Å². The maximum absolute atomic E-state index is 12.4. The molecule has 164 valence electrons. The monoisotopic (exact) mass is 424 g/mol. The Kier molecular flexibility index (Phi) is 6.63. The van der Waals surface area contributed by atoms with Gasteiger partial charge in [0, 0.05) is 18.4 Å². The van der Waals surface area contributed by atoms with E-state index in [4.69, 9.17) is 9.84 Å². The van der Waals surface area contributed by atoms with Crippen molar-refractivity contribution >= 4 is 18.0 Å². The lowest BCUT2D eigenvalue weighted by molar-refractivity contribution is -0.146. The van der Waals surface area contributed by atoms with E-state index >= 15 is 0 Å². The smallest absolute Gasteiger partial charge is 0.407 e. The minimum atomic E-state index is -1.38. The van der Waals surface area contributed by atoms with Crippen molar-refractivity contribution in [1.29, 1.82) is 0 Å². The average Bonchev–Trinajstić information content (AvgIpc) is 3.05. The Morgan fingerprint density at radius 3 is 2.10 bits per heavy atom. The molecule has 2 amide bonds. The van der Waals surface area contributed by atoms with E-state index in [1.165, 1.54) is 13.8 Å². The first-order valence-corrected chi connectivity index (χ1v) is 10.4. The fourth-order valence-corrected chi connectivity index (χ4v) is 3.78. The van der Waals surface area contributed by atoms with Crippen LogP contribution < -0.4 is 10.6 Å². The minimum absolute atomic E-state index is 0.0304. The van der Waals surface area contributed by atoms with Crippen LogP contribution in [-0.2, 0) is 14.3 Å². The topological polar surface area (TPSA) is 105 Å². The summed E-state index contributed by atoms with van der Waals surface area (Å²) in [6.45, 7) is 4.85. The first-order valence-electron chi connectivity index (χ1n) is 10.4. The number of nitrogens with one attached hydrogen (secondary N) is 2. The lowest BCUT2D eigenvalue weighted by atomic mass is 9.98. The van der Waals surface area contributed by atoms with E-state index in [9.17, 15) is 14.4 Å². The molecular formula is C24H28N2O5. The molecule has 0 bridgehead atoms. The molecule has 7 heteroatoms. The third kappa shape index (κ3) is 5.05. The van der Waals surface area contributed by atoms with Crippen LogP contribution in [0.15, 0.2) is 48.5 Å². The van der Waals surface area contributed by atoms with Crippen LogP contribution in [0.4, 0.5) is 4.79 Å². The molecule has 0 fully saturated rings. The summed E-state index contributed by atoms with van der Waals surface area (Å²) in [6.07, 6.45) is -0.123. The first-order chi connectivity index (χ1) is 14.7. The molecule has 0 saturated heterocycles. The number of aliphatic carboxylic acids is 1. The fraction of sp³-hybridized carbons (Fsp3) is 0.375. The standard InChI is InChI=1S/C24H28N2O5/c1-4-15(13-21(27)26-24(2,3)22(28)29)25-23(30)31-14-20-18-11-7-5-9-16(18)17-10-6-8-12-19(17)20/h5-12,15,20H,4,13-14H2,1-3H3,(H,25,30)(H,26,27)(H,28,29). The molecule has 3 N–H and O–H groups in total. The van der Waals surface area contributed by atoms with Gasteiger partial charge < -0.3 is 20.5 Å². The molecule has 31 heavy (non-hydrogen) atoms. The van der Waals surface area contributed by atoms with Crippen molar-refractivity contribution in [3.05, 3.63) is 59.7 Å². The van der Waals surface area contributed by atoms with Gasteiger partial charge in [-0.2, -0.15) is 0 Å². The number of hydrogen-bond acceptors (Lipinski definition) is 4. The van der Waals surface area contributed by atoms with Crippen molar-refractivity contribution in [3.63, 3.8) is 0 Å². The number of carboxylic acids is 1. The molecular weight excluding hydrogens is 396 g/mol. The Labute approximate surface area is 181 Å². The maximum atomic E-state index is 12.4. The van der Waals surface area contributed by atoms with Gasteiger partial charge in [-0.15, -0.1) is 0 Å². The summed E-state index contributed by atoms with van der Waals surface area (Å²) in [4.78, 5) is 35.8. The molecule has 0 spiro atoms. The van der Waals surface area contributed by atoms with E-state index in [-0.39, 0.29) is 18.9 Å². The first kappa shape index (κ1) is 22.3. The van der Waals surface area contributed by atoms with Crippen LogP contribution in [0.2, 0.25) is 0 Å². The molecule has 0 saturated carbocycles. The predicted molar refractivity (Wildman–Crippen MR) is 117 cm³/mol. The van der Waals surface area contributed by atoms with Gasteiger partial charge in [-0.25, -0.2) is 9.59 Å². The van der Waals surface area contributed by atoms with E-state index in [1.54, 1.807) is 0 Å². The lowest BCUT2D eigenvalue weighted by Gasteiger charge is -2.23. The van der Waals surface area contributed by atoms with Gasteiger partial charge in [0.05, 0.1) is 0 Å². The second-order valence-electron chi connectivity index (χ2n) is 8.26. The molecule has 0 aliphatic heterocycles. The second kappa shape index (κ2) is 9.20. The van der Waals surface area contributed by atoms with Crippen LogP contribution in [0.25, 0.3) is 11.1 Å². The van der Waals surface area contributed by atoms with E-state index in [2.05, 4.69) is 22.8 Å². The van der Waals surface area contributed by atoms with E-state index in [1.807, 2.05) is 43.3 Å². The highest BCUT2D eigenvalue weighted by atomic mass is 16.5. The second-order valence-corrected chi connectivity index (χ2v) is 8.26. The highest BCUT2D eigenvalue weighted by Gasteiger charge is 2.31. The number of rotatable bonds is 8. The Bertz CT molecular complexity index is 940. The zero-order chi connectivity index (χ0) is 22.6. The lowest BCUT2D eigenvalue weighted by Crippen LogP contribution is -2.51. The predicted octanol–water partition coefficient (Wildman–Crippen LogP) is 3.67. The quantitative estimate of drug-likeness (QED) is 0.600. The van der Waals surface area contributed by atoms with E-state index < -0.39 is 29.6 Å². The van der Waals surface area contributed by atoms with Gasteiger partial charge in [-0.1, -0.05) is 55.5 Å². The van der Waals surface area contributed by atoms with Crippen LogP contribution in [0.3, 0.4) is 0 Å². The van der Waals surface area contributed by atoms with Gasteiger partial charge in [0.1, 0.15) is 12.1 Å². The Balaban J connectivity index is 1.58. The number of carbonyl (C=O) groups is 3. The van der Waals surface area contributed by atoms with Crippen LogP contribution in [-0.4, -0.2) is 41.3 Å². The Morgan fingerprint density at radius 1 is 1.03 bits per heavy atom. The number of carboxylic acid groups (broad SMARTS) is 1. The van der Waals surface area contributed by atoms with Gasteiger partial charge >= 0.3 is 12.1 Å². The SMILES string of the molecule is CCC(CC(=O)NC(C)(C)C(=O)O)NC(=O)OCC1c2ccccc2-c2ccccc21. The molecule has 1 atom stereocenters. The van der Waals surface area contributed by atoms with Gasteiger partial charge in [0.15, 0.2) is 0 Å². The summed E-state index contributed by atoms with van der Waals surface area (Å²) in [6, 6.07) is 15.7. The van der Waals surface area contributed by atoms with Gasteiger partial charge in [0.2, 0.25) is 5.91 Å². The number of benzene rings is 2. The molecule has 2 aromatic rings. The number of fused-ring (bicyclic) bond motifs is 3. The third-order valence-electron chi connectivity index (χ3n) is 5.58. The fourth-order valence-electron chi connectivity index (χ4n) is 3.78. The third-order valence-corrected chi connectivity index (χ3v) is 5.58. The minimum Gasteiger partial charge on any atom is -0.480 e. The summed E-state index contributed by atoms with van der Waals surface area (Å²) in [5.41, 5.74) is 3.17. The normalized spacial score (nSPS) is 13.6. The Hall–Kier alpha value is -3.35. The molecule has 1 aliphatic carbocycles. The highest BCUT2D eigenvalue weighted by molar-refractivity contribution is 5.86. The molecule has 1 aliphatic rings. The molecule has 0 heterocycles.